The van der Waals surface area contributed by atoms with Crippen LogP contribution in [0.25, 0.3) is 0 Å². The monoisotopic (exact) mass is 254 g/mol. The maximum Gasteiger partial charge on any atom is 0.321 e. The highest BCUT2D eigenvalue weighted by Gasteiger charge is 2.20. The molecule has 1 saturated heterocycles. The van der Waals surface area contributed by atoms with E-state index < -0.39 is 0 Å². The summed E-state index contributed by atoms with van der Waals surface area (Å²) in [5, 5.41) is 3.60. The number of hydrogen-bond acceptors (Lipinski definition) is 1. The Kier molecular flexibility index (Phi) is 2.72. The summed E-state index contributed by atoms with van der Waals surface area (Å²) in [6, 6.07) is 7.98. The minimum atomic E-state index is -0.00303. The van der Waals surface area contributed by atoms with Gasteiger partial charge in [-0.2, -0.15) is 0 Å². The summed E-state index contributed by atoms with van der Waals surface area (Å²) in [5.41, 5.74) is 2.15. The van der Waals surface area contributed by atoms with Crippen molar-refractivity contribution in [3.8, 4) is 0 Å². The van der Waals surface area contributed by atoms with Gasteiger partial charge in [-0.3, -0.25) is 4.90 Å². The second kappa shape index (κ2) is 4.00. The van der Waals surface area contributed by atoms with Crippen LogP contribution in [-0.4, -0.2) is 19.1 Å². The molecule has 2 amide bonds. The molecular formula is C10H11BrN2O. The van der Waals surface area contributed by atoms with Gasteiger partial charge in [0, 0.05) is 24.1 Å². The number of halogens is 1. The maximum absolute atomic E-state index is 11.4. The predicted molar refractivity (Wildman–Crippen MR) is 59.8 cm³/mol. The number of urea groups is 1. The molecule has 1 aliphatic heterocycles. The van der Waals surface area contributed by atoms with Crippen LogP contribution in [0.4, 0.5) is 10.5 Å². The highest BCUT2D eigenvalue weighted by Crippen LogP contribution is 2.19. The second-order valence-electron chi connectivity index (χ2n) is 3.19. The number of benzene rings is 1. The van der Waals surface area contributed by atoms with Crippen molar-refractivity contribution >= 4 is 27.6 Å². The fourth-order valence-corrected chi connectivity index (χ4v) is 1.87. The van der Waals surface area contributed by atoms with Gasteiger partial charge in [-0.25, -0.2) is 4.79 Å². The molecule has 1 aliphatic rings. The predicted octanol–water partition coefficient (Wildman–Crippen LogP) is 2.11. The van der Waals surface area contributed by atoms with Gasteiger partial charge in [0.25, 0.3) is 0 Å². The van der Waals surface area contributed by atoms with E-state index in [0.717, 1.165) is 24.1 Å². The first-order valence-corrected chi connectivity index (χ1v) is 5.63. The van der Waals surface area contributed by atoms with Crippen molar-refractivity contribution in [3.63, 3.8) is 0 Å². The number of nitrogens with one attached hydrogen (secondary N) is 1. The van der Waals surface area contributed by atoms with Gasteiger partial charge in [0.15, 0.2) is 0 Å². The number of nitrogens with zero attached hydrogens (tertiary/aromatic N) is 1. The molecule has 0 aliphatic carbocycles. The molecule has 0 radical (unpaired) electrons. The fraction of sp³-hybridized carbons (Fsp3) is 0.300. The maximum atomic E-state index is 11.4. The number of hydrogen-bond donors (Lipinski definition) is 1. The highest BCUT2D eigenvalue weighted by molar-refractivity contribution is 9.08. The Bertz CT molecular complexity index is 354. The van der Waals surface area contributed by atoms with E-state index in [1.807, 2.05) is 24.3 Å². The standard InChI is InChI=1S/C10H11BrN2O/c11-7-8-2-1-3-9(6-8)13-5-4-12-10(13)14/h1-3,6H,4-5,7H2,(H,12,14). The number of anilines is 1. The van der Waals surface area contributed by atoms with E-state index >= 15 is 0 Å². The molecule has 0 aromatic heterocycles. The van der Waals surface area contributed by atoms with E-state index in [9.17, 15) is 4.79 Å². The zero-order chi connectivity index (χ0) is 9.97. The van der Waals surface area contributed by atoms with E-state index in [-0.39, 0.29) is 6.03 Å². The lowest BCUT2D eigenvalue weighted by molar-refractivity contribution is 0.252. The Morgan fingerprint density at radius 3 is 3.00 bits per heavy atom. The van der Waals surface area contributed by atoms with Crippen molar-refractivity contribution in [2.45, 2.75) is 5.33 Å². The molecule has 0 bridgehead atoms. The van der Waals surface area contributed by atoms with Gasteiger partial charge >= 0.3 is 6.03 Å². The van der Waals surface area contributed by atoms with Gasteiger partial charge in [-0.05, 0) is 17.7 Å². The molecule has 1 aromatic carbocycles. The quantitative estimate of drug-likeness (QED) is 0.806. The molecule has 1 N–H and O–H groups in total. The third kappa shape index (κ3) is 1.75. The average Bonchev–Trinajstić information content (AvgIpc) is 2.65. The van der Waals surface area contributed by atoms with Crippen LogP contribution in [-0.2, 0) is 5.33 Å². The van der Waals surface area contributed by atoms with E-state index in [1.54, 1.807) is 4.90 Å². The number of amides is 2. The van der Waals surface area contributed by atoms with E-state index in [1.165, 1.54) is 5.56 Å². The van der Waals surface area contributed by atoms with Gasteiger partial charge in [-0.1, -0.05) is 28.1 Å². The molecule has 4 heteroatoms. The SMILES string of the molecule is O=C1NCCN1c1cccc(CBr)c1. The summed E-state index contributed by atoms with van der Waals surface area (Å²) >= 11 is 3.40. The summed E-state index contributed by atoms with van der Waals surface area (Å²) in [6.07, 6.45) is 0. The number of alkyl halides is 1. The molecular weight excluding hydrogens is 244 g/mol. The largest absolute Gasteiger partial charge is 0.336 e. The molecule has 0 atom stereocenters. The van der Waals surface area contributed by atoms with Crippen LogP contribution >= 0.6 is 15.9 Å². The summed E-state index contributed by atoms with van der Waals surface area (Å²) in [4.78, 5) is 13.1. The average molecular weight is 255 g/mol. The number of carbonyl (C=O) groups excluding carboxylic acids is 1. The minimum absolute atomic E-state index is 0.00303. The van der Waals surface area contributed by atoms with Gasteiger partial charge in [-0.15, -0.1) is 0 Å². The Labute approximate surface area is 91.2 Å². The molecule has 1 heterocycles. The lowest BCUT2D eigenvalue weighted by atomic mass is 10.2. The number of carbonyl (C=O) groups is 1. The van der Waals surface area contributed by atoms with Gasteiger partial charge < -0.3 is 5.32 Å². The summed E-state index contributed by atoms with van der Waals surface area (Å²) in [5.74, 6) is 0. The van der Waals surface area contributed by atoms with Gasteiger partial charge in [0.05, 0.1) is 0 Å². The first kappa shape index (κ1) is 9.52. The van der Waals surface area contributed by atoms with Crippen LogP contribution in [0, 0.1) is 0 Å². The van der Waals surface area contributed by atoms with E-state index in [2.05, 4.69) is 21.2 Å². The van der Waals surface area contributed by atoms with Crippen LogP contribution in [0.1, 0.15) is 5.56 Å². The van der Waals surface area contributed by atoms with Crippen molar-refractivity contribution < 1.29 is 4.79 Å². The lowest BCUT2D eigenvalue weighted by Crippen LogP contribution is -2.27. The van der Waals surface area contributed by atoms with Crippen molar-refractivity contribution in [2.75, 3.05) is 18.0 Å². The lowest BCUT2D eigenvalue weighted by Gasteiger charge is -2.14. The molecule has 0 saturated carbocycles. The Morgan fingerprint density at radius 2 is 2.36 bits per heavy atom. The van der Waals surface area contributed by atoms with E-state index in [4.69, 9.17) is 0 Å². The smallest absolute Gasteiger partial charge is 0.321 e. The topological polar surface area (TPSA) is 32.3 Å². The normalized spacial score (nSPS) is 15.8. The number of rotatable bonds is 2. The molecule has 0 spiro atoms. The molecule has 3 nitrogen and oxygen atoms in total. The fourth-order valence-electron chi connectivity index (χ4n) is 1.53. The van der Waals surface area contributed by atoms with Crippen LogP contribution in [0.5, 0.6) is 0 Å². The molecule has 14 heavy (non-hydrogen) atoms. The minimum Gasteiger partial charge on any atom is -0.336 e. The Balaban J connectivity index is 2.26. The van der Waals surface area contributed by atoms with Crippen molar-refractivity contribution in [2.24, 2.45) is 0 Å². The van der Waals surface area contributed by atoms with Crippen LogP contribution in [0.2, 0.25) is 0 Å². The van der Waals surface area contributed by atoms with Crippen LogP contribution in [0.3, 0.4) is 0 Å². The third-order valence-corrected chi connectivity index (χ3v) is 2.88. The summed E-state index contributed by atoms with van der Waals surface area (Å²) in [6.45, 7) is 1.49. The molecule has 0 unspecified atom stereocenters. The van der Waals surface area contributed by atoms with Crippen LogP contribution < -0.4 is 10.2 Å². The third-order valence-electron chi connectivity index (χ3n) is 2.23. The first-order chi connectivity index (χ1) is 6.81. The molecule has 1 fully saturated rings. The molecule has 2 rings (SSSR count). The van der Waals surface area contributed by atoms with Crippen molar-refractivity contribution in [1.29, 1.82) is 0 Å². The van der Waals surface area contributed by atoms with Crippen LogP contribution in [0.15, 0.2) is 24.3 Å². The second-order valence-corrected chi connectivity index (χ2v) is 3.75. The summed E-state index contributed by atoms with van der Waals surface area (Å²) < 4.78 is 0. The van der Waals surface area contributed by atoms with Gasteiger partial charge in [0.1, 0.15) is 0 Å². The Morgan fingerprint density at radius 1 is 1.50 bits per heavy atom. The van der Waals surface area contributed by atoms with Gasteiger partial charge in [0.2, 0.25) is 0 Å². The molecule has 1 aromatic rings. The Hall–Kier alpha value is -1.03. The zero-order valence-electron chi connectivity index (χ0n) is 7.66. The summed E-state index contributed by atoms with van der Waals surface area (Å²) in [7, 11) is 0. The van der Waals surface area contributed by atoms with Crippen molar-refractivity contribution in [1.82, 2.24) is 5.32 Å². The van der Waals surface area contributed by atoms with E-state index in [0.29, 0.717) is 0 Å². The molecule has 74 valence electrons. The highest BCUT2D eigenvalue weighted by atomic mass is 79.9. The first-order valence-electron chi connectivity index (χ1n) is 4.51. The zero-order valence-corrected chi connectivity index (χ0v) is 9.25. The van der Waals surface area contributed by atoms with Crippen molar-refractivity contribution in [3.05, 3.63) is 29.8 Å².